The van der Waals surface area contributed by atoms with E-state index in [4.69, 9.17) is 0 Å². The zero-order chi connectivity index (χ0) is 20.6. The van der Waals surface area contributed by atoms with Gasteiger partial charge in [0, 0.05) is 35.8 Å². The highest BCUT2D eigenvalue weighted by Gasteiger charge is 2.28. The lowest BCUT2D eigenvalue weighted by Gasteiger charge is -2.06. The van der Waals surface area contributed by atoms with Crippen molar-refractivity contribution in [2.75, 3.05) is 6.54 Å². The Morgan fingerprint density at radius 2 is 2.03 bits per heavy atom. The van der Waals surface area contributed by atoms with E-state index in [2.05, 4.69) is 15.1 Å². The minimum atomic E-state index is -4.47. The number of aromatic amines is 1. The number of halogens is 3. The van der Waals surface area contributed by atoms with Gasteiger partial charge in [-0.1, -0.05) is 0 Å². The molecule has 0 aromatic carbocycles. The SMILES string of the molecule is O=C(NCC(F)(F)F)c1cc(-c2cnn3cc(-c4cc[nH]c(=O)c4)cnc23)cs1. The summed E-state index contributed by atoms with van der Waals surface area (Å²) in [6.45, 7) is -1.39. The number of nitrogens with one attached hydrogen (secondary N) is 2. The molecule has 0 saturated heterocycles. The number of alkyl halides is 3. The molecule has 0 unspecified atom stereocenters. The molecule has 0 aliphatic rings. The summed E-state index contributed by atoms with van der Waals surface area (Å²) in [6, 6.07) is 4.68. The van der Waals surface area contributed by atoms with Crippen LogP contribution >= 0.6 is 11.3 Å². The van der Waals surface area contributed by atoms with Gasteiger partial charge in [-0.05, 0) is 28.6 Å². The molecule has 0 spiro atoms. The molecule has 2 N–H and O–H groups in total. The molecule has 7 nitrogen and oxygen atoms in total. The van der Waals surface area contributed by atoms with E-state index < -0.39 is 18.6 Å². The van der Waals surface area contributed by atoms with Crippen molar-refractivity contribution in [3.8, 4) is 22.3 Å². The Kier molecular flexibility index (Phi) is 4.66. The summed E-state index contributed by atoms with van der Waals surface area (Å²) in [5.41, 5.74) is 2.90. The van der Waals surface area contributed by atoms with Crippen molar-refractivity contribution in [2.45, 2.75) is 6.18 Å². The molecule has 4 aromatic rings. The second kappa shape index (κ2) is 7.17. The van der Waals surface area contributed by atoms with Crippen molar-refractivity contribution in [1.29, 1.82) is 0 Å². The second-order valence-electron chi connectivity index (χ2n) is 6.11. The molecule has 4 heterocycles. The normalized spacial score (nSPS) is 11.7. The lowest BCUT2D eigenvalue weighted by molar-refractivity contribution is -0.123. The fourth-order valence-electron chi connectivity index (χ4n) is 2.72. The molecule has 11 heteroatoms. The van der Waals surface area contributed by atoms with Gasteiger partial charge in [0.05, 0.1) is 11.1 Å². The molecule has 0 aliphatic heterocycles. The van der Waals surface area contributed by atoms with Crippen LogP contribution in [0.2, 0.25) is 0 Å². The number of fused-ring (bicyclic) bond motifs is 1. The van der Waals surface area contributed by atoms with Gasteiger partial charge in [0.15, 0.2) is 5.65 Å². The molecule has 4 rings (SSSR count). The van der Waals surface area contributed by atoms with Crippen LogP contribution in [-0.4, -0.2) is 38.2 Å². The van der Waals surface area contributed by atoms with Crippen LogP contribution in [0.15, 0.2) is 53.2 Å². The summed E-state index contributed by atoms with van der Waals surface area (Å²) in [4.78, 5) is 30.5. The third-order valence-electron chi connectivity index (χ3n) is 4.05. The van der Waals surface area contributed by atoms with Crippen molar-refractivity contribution >= 4 is 22.9 Å². The fourth-order valence-corrected chi connectivity index (χ4v) is 3.54. The Balaban J connectivity index is 1.61. The van der Waals surface area contributed by atoms with Crippen molar-refractivity contribution in [1.82, 2.24) is 24.9 Å². The Labute approximate surface area is 164 Å². The summed E-state index contributed by atoms with van der Waals surface area (Å²) < 4.78 is 38.3. The molecule has 4 aromatic heterocycles. The van der Waals surface area contributed by atoms with E-state index in [0.717, 1.165) is 11.3 Å². The van der Waals surface area contributed by atoms with Gasteiger partial charge in [0.2, 0.25) is 5.56 Å². The highest BCUT2D eigenvalue weighted by molar-refractivity contribution is 7.12. The molecular weight excluding hydrogens is 407 g/mol. The molecule has 0 saturated carbocycles. The van der Waals surface area contributed by atoms with E-state index in [9.17, 15) is 22.8 Å². The third-order valence-corrected chi connectivity index (χ3v) is 4.98. The van der Waals surface area contributed by atoms with Gasteiger partial charge in [-0.2, -0.15) is 18.3 Å². The van der Waals surface area contributed by atoms with Crippen LogP contribution in [0.3, 0.4) is 0 Å². The first-order valence-electron chi connectivity index (χ1n) is 8.26. The van der Waals surface area contributed by atoms with Gasteiger partial charge in [-0.3, -0.25) is 9.59 Å². The Morgan fingerprint density at radius 3 is 2.79 bits per heavy atom. The van der Waals surface area contributed by atoms with Gasteiger partial charge in [-0.15, -0.1) is 11.3 Å². The number of amides is 1. The number of pyridine rings is 1. The maximum absolute atomic E-state index is 12.3. The van der Waals surface area contributed by atoms with Crippen molar-refractivity contribution in [3.05, 3.63) is 63.6 Å². The Morgan fingerprint density at radius 1 is 1.21 bits per heavy atom. The van der Waals surface area contributed by atoms with Gasteiger partial charge in [-0.25, -0.2) is 9.50 Å². The summed E-state index contributed by atoms with van der Waals surface area (Å²) in [5, 5.41) is 7.76. The third kappa shape index (κ3) is 4.04. The average Bonchev–Trinajstić information content (AvgIpc) is 3.32. The quantitative estimate of drug-likeness (QED) is 0.532. The molecular formula is C18H12F3N5O2S. The monoisotopic (exact) mass is 419 g/mol. The number of rotatable bonds is 4. The molecule has 0 atom stereocenters. The second-order valence-corrected chi connectivity index (χ2v) is 7.02. The number of carbonyl (C=O) groups is 1. The number of thiophene rings is 1. The first kappa shape index (κ1) is 18.9. The van der Waals surface area contributed by atoms with Gasteiger partial charge >= 0.3 is 6.18 Å². The molecule has 0 fully saturated rings. The van der Waals surface area contributed by atoms with E-state index >= 15 is 0 Å². The predicted octanol–water partition coefficient (Wildman–Crippen LogP) is 3.11. The number of H-pyrrole nitrogens is 1. The smallest absolute Gasteiger partial charge is 0.342 e. The molecule has 1 amide bonds. The standard InChI is InChI=1S/C18H12F3N5O2S/c19-18(20,21)9-24-17(28)14-3-11(8-29-14)13-6-25-26-7-12(5-23-16(13)26)10-1-2-22-15(27)4-10/h1-8H,9H2,(H,22,27)(H,24,28). The minimum absolute atomic E-state index is 0.156. The highest BCUT2D eigenvalue weighted by Crippen LogP contribution is 2.29. The van der Waals surface area contributed by atoms with Gasteiger partial charge < -0.3 is 10.3 Å². The highest BCUT2D eigenvalue weighted by atomic mass is 32.1. The summed E-state index contributed by atoms with van der Waals surface area (Å²) >= 11 is 1.03. The van der Waals surface area contributed by atoms with E-state index in [1.165, 1.54) is 22.8 Å². The summed E-state index contributed by atoms with van der Waals surface area (Å²) in [7, 11) is 0. The number of hydrogen-bond acceptors (Lipinski definition) is 5. The van der Waals surface area contributed by atoms with Crippen molar-refractivity contribution in [2.24, 2.45) is 0 Å². The number of carbonyl (C=O) groups excluding carboxylic acids is 1. The lowest BCUT2D eigenvalue weighted by atomic mass is 10.1. The number of hydrogen-bond donors (Lipinski definition) is 2. The topological polar surface area (TPSA) is 92.2 Å². The van der Waals surface area contributed by atoms with Crippen LogP contribution in [0.5, 0.6) is 0 Å². The first-order valence-corrected chi connectivity index (χ1v) is 9.14. The Hall–Kier alpha value is -3.47. The fraction of sp³-hybridized carbons (Fsp3) is 0.111. The molecule has 0 bridgehead atoms. The van der Waals surface area contributed by atoms with Crippen molar-refractivity contribution in [3.63, 3.8) is 0 Å². The van der Waals surface area contributed by atoms with E-state index in [1.54, 1.807) is 30.0 Å². The minimum Gasteiger partial charge on any atom is -0.342 e. The molecule has 0 aliphatic carbocycles. The van der Waals surface area contributed by atoms with E-state index in [-0.39, 0.29) is 10.4 Å². The van der Waals surface area contributed by atoms with Gasteiger partial charge in [0.25, 0.3) is 5.91 Å². The molecule has 0 radical (unpaired) electrons. The summed E-state index contributed by atoms with van der Waals surface area (Å²) in [5.74, 6) is -0.792. The van der Waals surface area contributed by atoms with E-state index in [0.29, 0.717) is 27.9 Å². The molecule has 148 valence electrons. The number of aromatic nitrogens is 4. The lowest BCUT2D eigenvalue weighted by Crippen LogP contribution is -2.33. The van der Waals surface area contributed by atoms with E-state index in [1.807, 2.05) is 5.32 Å². The van der Waals surface area contributed by atoms with Crippen LogP contribution in [-0.2, 0) is 0 Å². The van der Waals surface area contributed by atoms with Crippen LogP contribution in [0.4, 0.5) is 13.2 Å². The zero-order valence-corrected chi connectivity index (χ0v) is 15.3. The summed E-state index contributed by atoms with van der Waals surface area (Å²) in [6.07, 6.45) is 1.93. The van der Waals surface area contributed by atoms with Crippen molar-refractivity contribution < 1.29 is 18.0 Å². The zero-order valence-electron chi connectivity index (χ0n) is 14.5. The maximum atomic E-state index is 12.3. The van der Waals surface area contributed by atoms with Crippen LogP contribution in [0, 0.1) is 0 Å². The molecule has 29 heavy (non-hydrogen) atoms. The Bertz CT molecular complexity index is 1260. The van der Waals surface area contributed by atoms with Crippen LogP contribution in [0.1, 0.15) is 9.67 Å². The van der Waals surface area contributed by atoms with Crippen LogP contribution in [0.25, 0.3) is 27.9 Å². The maximum Gasteiger partial charge on any atom is 0.405 e. The largest absolute Gasteiger partial charge is 0.405 e. The predicted molar refractivity (Wildman–Crippen MR) is 101 cm³/mol. The van der Waals surface area contributed by atoms with Gasteiger partial charge in [0.1, 0.15) is 6.54 Å². The number of nitrogens with zero attached hydrogens (tertiary/aromatic N) is 3. The average molecular weight is 419 g/mol. The van der Waals surface area contributed by atoms with Crippen LogP contribution < -0.4 is 10.9 Å². The first-order chi connectivity index (χ1) is 13.8.